The quantitative estimate of drug-likeness (QED) is 0.335. The summed E-state index contributed by atoms with van der Waals surface area (Å²) in [5.41, 5.74) is -0.459. The van der Waals surface area contributed by atoms with Gasteiger partial charge in [0.1, 0.15) is 0 Å². The summed E-state index contributed by atoms with van der Waals surface area (Å²) in [7, 11) is 0. The molecule has 7 heteroatoms. The van der Waals surface area contributed by atoms with Gasteiger partial charge < -0.3 is 0 Å². The number of aromatic nitrogens is 2. The second-order valence-corrected chi connectivity index (χ2v) is 23.6. The van der Waals surface area contributed by atoms with Crippen molar-refractivity contribution in [3.63, 3.8) is 0 Å². The van der Waals surface area contributed by atoms with E-state index in [1.54, 1.807) is 4.90 Å². The van der Waals surface area contributed by atoms with Crippen molar-refractivity contribution in [2.24, 2.45) is 0 Å². The van der Waals surface area contributed by atoms with Gasteiger partial charge in [-0.2, -0.15) is 0 Å². The van der Waals surface area contributed by atoms with E-state index in [0.29, 0.717) is 13.1 Å². The van der Waals surface area contributed by atoms with E-state index in [4.69, 9.17) is 14.7 Å². The first kappa shape index (κ1) is 27.2. The van der Waals surface area contributed by atoms with Gasteiger partial charge >= 0.3 is 201 Å². The van der Waals surface area contributed by atoms with Gasteiger partial charge in [0.25, 0.3) is 0 Å². The molecule has 1 amide bonds. The molecule has 32 heavy (non-hydrogen) atoms. The minimum atomic E-state index is -2.48. The summed E-state index contributed by atoms with van der Waals surface area (Å²) in [5.74, 6) is 0.805. The van der Waals surface area contributed by atoms with Gasteiger partial charge in [0.15, 0.2) is 0 Å². The normalized spacial score (nSPS) is 15.2. The summed E-state index contributed by atoms with van der Waals surface area (Å²) in [4.78, 5) is 26.0. The zero-order valence-corrected chi connectivity index (χ0v) is 24.3. The number of hydrogen-bond donors (Lipinski definition) is 0. The molecular formula is C25H46N4O2Sn. The van der Waals surface area contributed by atoms with Crippen LogP contribution in [-0.4, -0.2) is 71.1 Å². The van der Waals surface area contributed by atoms with Gasteiger partial charge in [-0.1, -0.05) is 0 Å². The third kappa shape index (κ3) is 8.07. The van der Waals surface area contributed by atoms with E-state index in [9.17, 15) is 4.79 Å². The van der Waals surface area contributed by atoms with Crippen LogP contribution in [0.25, 0.3) is 0 Å². The van der Waals surface area contributed by atoms with E-state index in [0.717, 1.165) is 19.0 Å². The van der Waals surface area contributed by atoms with Crippen LogP contribution in [0.5, 0.6) is 0 Å². The molecule has 0 unspecified atom stereocenters. The summed E-state index contributed by atoms with van der Waals surface area (Å²) in [6.45, 7) is 15.4. The van der Waals surface area contributed by atoms with Crippen LogP contribution in [0.4, 0.5) is 10.7 Å². The fourth-order valence-electron chi connectivity index (χ4n) is 4.53. The number of rotatable bonds is 11. The molecule has 0 atom stereocenters. The third-order valence-electron chi connectivity index (χ3n) is 6.49. The average molecular weight is 553 g/mol. The summed E-state index contributed by atoms with van der Waals surface area (Å²) in [5, 5.41) is 0. The predicted octanol–water partition coefficient (Wildman–Crippen LogP) is 5.59. The topological polar surface area (TPSA) is 58.6 Å². The van der Waals surface area contributed by atoms with Crippen LogP contribution in [0.3, 0.4) is 0 Å². The first-order valence-corrected chi connectivity index (χ1v) is 20.3. The fraction of sp³-hybridized carbons (Fsp3) is 0.800. The van der Waals surface area contributed by atoms with Crippen molar-refractivity contribution in [3.8, 4) is 0 Å². The Morgan fingerprint density at radius 2 is 1.38 bits per heavy atom. The maximum absolute atomic E-state index is 12.3. The SMILES string of the molecule is CCC[CH2][Sn]([CH2]CCC)([CH2]CCC)[c]1cnc(N2CCN(C(=O)OC(C)(C)C)CC2)nc1. The molecule has 0 N–H and O–H groups in total. The Morgan fingerprint density at radius 3 is 1.78 bits per heavy atom. The van der Waals surface area contributed by atoms with E-state index in [1.807, 2.05) is 20.8 Å². The molecule has 1 aliphatic rings. The minimum absolute atomic E-state index is 0.227. The molecule has 0 saturated carbocycles. The zero-order valence-electron chi connectivity index (χ0n) is 21.5. The Morgan fingerprint density at radius 1 is 0.906 bits per heavy atom. The van der Waals surface area contributed by atoms with Crippen LogP contribution < -0.4 is 8.48 Å². The van der Waals surface area contributed by atoms with Crippen LogP contribution in [-0.2, 0) is 4.74 Å². The van der Waals surface area contributed by atoms with Gasteiger partial charge in [0.05, 0.1) is 0 Å². The first-order chi connectivity index (χ1) is 15.2. The number of ether oxygens (including phenoxy) is 1. The van der Waals surface area contributed by atoms with Crippen LogP contribution in [0.1, 0.15) is 80.1 Å². The monoisotopic (exact) mass is 554 g/mol. The van der Waals surface area contributed by atoms with Crippen LogP contribution in [0.2, 0.25) is 13.3 Å². The van der Waals surface area contributed by atoms with E-state index < -0.39 is 24.0 Å². The number of unbranched alkanes of at least 4 members (excludes halogenated alkanes) is 3. The van der Waals surface area contributed by atoms with Crippen molar-refractivity contribution in [2.75, 3.05) is 31.1 Å². The predicted molar refractivity (Wildman–Crippen MR) is 137 cm³/mol. The van der Waals surface area contributed by atoms with Crippen LogP contribution in [0.15, 0.2) is 12.4 Å². The molecule has 1 aromatic rings. The number of piperazine rings is 1. The summed E-state index contributed by atoms with van der Waals surface area (Å²) >= 11 is -2.48. The molecule has 1 aromatic heterocycles. The molecule has 2 heterocycles. The van der Waals surface area contributed by atoms with Crippen molar-refractivity contribution >= 4 is 34.0 Å². The molecule has 0 spiro atoms. The Hall–Kier alpha value is -1.05. The van der Waals surface area contributed by atoms with Crippen LogP contribution in [0, 0.1) is 0 Å². The molecule has 1 saturated heterocycles. The molecule has 2 rings (SSSR count). The Bertz CT molecular complexity index is 660. The van der Waals surface area contributed by atoms with Crippen LogP contribution >= 0.6 is 0 Å². The Kier molecular flexibility index (Phi) is 11.0. The Labute approximate surface area is 200 Å². The second kappa shape index (κ2) is 13.0. The zero-order chi connectivity index (χ0) is 23.6. The standard InChI is InChI=1S/C13H19N4O2.3C4H9.Sn/c1-13(2,3)19-12(18)17-9-7-16(8-10-17)11-14-5-4-6-15-11;3*1-3-4-2;/h5-6H,7-10H2,1-3H3;3*1,3-4H2,2H3;. The van der Waals surface area contributed by atoms with Crippen molar-refractivity contribution in [1.29, 1.82) is 0 Å². The molecule has 1 aliphatic heterocycles. The summed E-state index contributed by atoms with van der Waals surface area (Å²) < 4.78 is 11.3. The molecule has 0 aromatic carbocycles. The number of nitrogens with zero attached hydrogens (tertiary/aromatic N) is 4. The molecule has 6 nitrogen and oxygen atoms in total. The molecule has 1 fully saturated rings. The van der Waals surface area contributed by atoms with Crippen molar-refractivity contribution in [2.45, 2.75) is 99.0 Å². The summed E-state index contributed by atoms with van der Waals surface area (Å²) in [6, 6.07) is 0. The molecule has 0 bridgehead atoms. The van der Waals surface area contributed by atoms with E-state index >= 15 is 0 Å². The summed E-state index contributed by atoms with van der Waals surface area (Å²) in [6.07, 6.45) is 12.0. The number of carbonyl (C=O) groups excluding carboxylic acids is 1. The van der Waals surface area contributed by atoms with Gasteiger partial charge in [-0.3, -0.25) is 0 Å². The molecule has 182 valence electrons. The molecule has 0 radical (unpaired) electrons. The van der Waals surface area contributed by atoms with E-state index in [1.165, 1.54) is 55.4 Å². The van der Waals surface area contributed by atoms with Gasteiger partial charge in [0, 0.05) is 0 Å². The molecule has 0 aliphatic carbocycles. The van der Waals surface area contributed by atoms with Gasteiger partial charge in [-0.25, -0.2) is 0 Å². The average Bonchev–Trinajstić information content (AvgIpc) is 2.78. The van der Waals surface area contributed by atoms with Gasteiger partial charge in [-0.05, 0) is 0 Å². The number of anilines is 1. The van der Waals surface area contributed by atoms with Crippen molar-refractivity contribution in [1.82, 2.24) is 14.9 Å². The second-order valence-electron chi connectivity index (χ2n) is 10.3. The number of carbonyl (C=O) groups is 1. The van der Waals surface area contributed by atoms with E-state index in [-0.39, 0.29) is 6.09 Å². The Balaban J connectivity index is 2.08. The fourth-order valence-corrected chi connectivity index (χ4v) is 19.9. The van der Waals surface area contributed by atoms with Gasteiger partial charge in [-0.15, -0.1) is 0 Å². The number of amides is 1. The number of hydrogen-bond acceptors (Lipinski definition) is 5. The molecular weight excluding hydrogens is 507 g/mol. The van der Waals surface area contributed by atoms with Gasteiger partial charge in [0.2, 0.25) is 0 Å². The first-order valence-electron chi connectivity index (χ1n) is 12.8. The van der Waals surface area contributed by atoms with Crippen molar-refractivity contribution in [3.05, 3.63) is 12.4 Å². The maximum atomic E-state index is 12.3. The van der Waals surface area contributed by atoms with Crippen molar-refractivity contribution < 1.29 is 9.53 Å². The van der Waals surface area contributed by atoms with E-state index in [2.05, 4.69) is 38.1 Å². The third-order valence-corrected chi connectivity index (χ3v) is 21.9.